The fourth-order valence-corrected chi connectivity index (χ4v) is 3.80. The second kappa shape index (κ2) is 6.42. The zero-order valence-corrected chi connectivity index (χ0v) is 15.5. The summed E-state index contributed by atoms with van der Waals surface area (Å²) in [5.74, 6) is -0.421. The summed E-state index contributed by atoms with van der Waals surface area (Å²) in [4.78, 5) is 13.0. The molecule has 0 bridgehead atoms. The molecule has 0 fully saturated rings. The second-order valence-corrected chi connectivity index (χ2v) is 7.05. The predicted molar refractivity (Wildman–Crippen MR) is 92.1 cm³/mol. The third-order valence-corrected chi connectivity index (χ3v) is 5.33. The molecule has 0 saturated heterocycles. The van der Waals surface area contributed by atoms with Gasteiger partial charge in [-0.1, -0.05) is 0 Å². The molecule has 6 nitrogen and oxygen atoms in total. The van der Waals surface area contributed by atoms with E-state index in [1.54, 1.807) is 4.68 Å². The highest BCUT2D eigenvalue weighted by molar-refractivity contribution is 7.20. The first-order chi connectivity index (χ1) is 12.1. The van der Waals surface area contributed by atoms with E-state index in [4.69, 9.17) is 0 Å². The lowest BCUT2D eigenvalue weighted by Gasteiger charge is -2.12. The van der Waals surface area contributed by atoms with Gasteiger partial charge in [-0.15, -0.1) is 11.3 Å². The summed E-state index contributed by atoms with van der Waals surface area (Å²) in [5.41, 5.74) is 0.705. The molecule has 3 rings (SSSR count). The Labute approximate surface area is 151 Å². The van der Waals surface area contributed by atoms with Crippen LogP contribution in [0.25, 0.3) is 10.2 Å². The van der Waals surface area contributed by atoms with Gasteiger partial charge < -0.3 is 5.32 Å². The van der Waals surface area contributed by atoms with Crippen LogP contribution in [0.15, 0.2) is 12.3 Å². The second-order valence-electron chi connectivity index (χ2n) is 6.02. The van der Waals surface area contributed by atoms with Crippen LogP contribution in [0.2, 0.25) is 0 Å². The fourth-order valence-electron chi connectivity index (χ4n) is 2.83. The molecular weight excluding hydrogens is 367 g/mol. The van der Waals surface area contributed by atoms with Crippen molar-refractivity contribution in [2.45, 2.75) is 39.5 Å². The van der Waals surface area contributed by atoms with Crippen LogP contribution < -0.4 is 5.32 Å². The number of carbonyl (C=O) groups excluding carboxylic acids is 1. The summed E-state index contributed by atoms with van der Waals surface area (Å²) in [6.07, 6.45) is -2.70. The molecule has 26 heavy (non-hydrogen) atoms. The maximum absolute atomic E-state index is 13.1. The predicted octanol–water partition coefficient (Wildman–Crippen LogP) is 3.67. The van der Waals surface area contributed by atoms with E-state index in [1.165, 1.54) is 13.1 Å². The Balaban J connectivity index is 1.87. The Morgan fingerprint density at radius 1 is 1.38 bits per heavy atom. The maximum Gasteiger partial charge on any atom is 0.435 e. The van der Waals surface area contributed by atoms with Crippen molar-refractivity contribution in [2.24, 2.45) is 7.05 Å². The smallest absolute Gasteiger partial charge is 0.345 e. The van der Waals surface area contributed by atoms with Crippen molar-refractivity contribution in [2.75, 3.05) is 0 Å². The number of aromatic nitrogens is 4. The molecule has 140 valence electrons. The van der Waals surface area contributed by atoms with E-state index < -0.39 is 17.8 Å². The minimum Gasteiger partial charge on any atom is -0.345 e. The van der Waals surface area contributed by atoms with Gasteiger partial charge in [-0.05, 0) is 26.8 Å². The Kier molecular flexibility index (Phi) is 4.55. The van der Waals surface area contributed by atoms with Gasteiger partial charge in [0, 0.05) is 30.7 Å². The number of rotatable bonds is 4. The number of carbonyl (C=O) groups is 1. The normalized spacial score (nSPS) is 13.3. The van der Waals surface area contributed by atoms with Crippen LogP contribution in [0.1, 0.15) is 46.5 Å². The Hall–Kier alpha value is -2.36. The first kappa shape index (κ1) is 18.4. The van der Waals surface area contributed by atoms with Gasteiger partial charge in [0.1, 0.15) is 4.83 Å². The van der Waals surface area contributed by atoms with Gasteiger partial charge in [-0.25, -0.2) is 0 Å². The molecule has 3 aromatic heterocycles. The van der Waals surface area contributed by atoms with Gasteiger partial charge >= 0.3 is 6.18 Å². The highest BCUT2D eigenvalue weighted by Crippen LogP contribution is 2.37. The molecule has 0 aliphatic heterocycles. The summed E-state index contributed by atoms with van der Waals surface area (Å²) in [7, 11) is 1.43. The Morgan fingerprint density at radius 2 is 2.08 bits per heavy atom. The largest absolute Gasteiger partial charge is 0.435 e. The molecule has 0 aliphatic rings. The number of amides is 1. The highest BCUT2D eigenvalue weighted by Gasteiger charge is 2.37. The van der Waals surface area contributed by atoms with Gasteiger partial charge in [0.25, 0.3) is 5.91 Å². The molecule has 3 heterocycles. The van der Waals surface area contributed by atoms with E-state index in [-0.39, 0.29) is 16.3 Å². The van der Waals surface area contributed by atoms with Gasteiger partial charge in [0.05, 0.1) is 16.6 Å². The summed E-state index contributed by atoms with van der Waals surface area (Å²) >= 11 is 0.988. The number of nitrogens with zero attached hydrogens (tertiary/aromatic N) is 4. The number of halogens is 3. The fraction of sp³-hybridized carbons (Fsp3) is 0.438. The van der Waals surface area contributed by atoms with Crippen molar-refractivity contribution >= 4 is 27.5 Å². The molecule has 1 atom stereocenters. The average molecular weight is 385 g/mol. The molecule has 0 radical (unpaired) electrons. The molecule has 10 heteroatoms. The summed E-state index contributed by atoms with van der Waals surface area (Å²) in [5, 5.41) is 10.6. The maximum atomic E-state index is 13.1. The van der Waals surface area contributed by atoms with Crippen molar-refractivity contribution in [3.05, 3.63) is 34.1 Å². The number of hydrogen-bond donors (Lipinski definition) is 1. The molecule has 0 spiro atoms. The van der Waals surface area contributed by atoms with Crippen molar-refractivity contribution in [3.8, 4) is 0 Å². The number of nitrogens with one attached hydrogen (secondary N) is 1. The number of hydrogen-bond acceptors (Lipinski definition) is 4. The van der Waals surface area contributed by atoms with E-state index in [9.17, 15) is 18.0 Å². The van der Waals surface area contributed by atoms with Gasteiger partial charge in [0.2, 0.25) is 0 Å². The van der Waals surface area contributed by atoms with E-state index in [0.717, 1.165) is 27.3 Å². The molecule has 1 N–H and O–H groups in total. The lowest BCUT2D eigenvalue weighted by atomic mass is 10.1. The minimum absolute atomic E-state index is 0.0576. The Morgan fingerprint density at radius 3 is 2.65 bits per heavy atom. The van der Waals surface area contributed by atoms with Gasteiger partial charge in [-0.2, -0.15) is 23.4 Å². The molecular formula is C16H18F3N5OS. The van der Waals surface area contributed by atoms with E-state index in [2.05, 4.69) is 15.5 Å². The number of thiophene rings is 1. The topological polar surface area (TPSA) is 64.7 Å². The number of alkyl halides is 3. The van der Waals surface area contributed by atoms with Crippen LogP contribution in [-0.2, 0) is 19.8 Å². The SMILES string of the molecule is CCn1cc([C@H](C)NC(=O)c2cc3c(C(F)(F)F)nn(C)c3s2)c(C)n1. The van der Waals surface area contributed by atoms with Crippen molar-refractivity contribution < 1.29 is 18.0 Å². The van der Waals surface area contributed by atoms with Crippen LogP contribution >= 0.6 is 11.3 Å². The molecule has 3 aromatic rings. The number of fused-ring (bicyclic) bond motifs is 1. The van der Waals surface area contributed by atoms with Crippen LogP contribution in [0.5, 0.6) is 0 Å². The van der Waals surface area contributed by atoms with Crippen LogP contribution in [0, 0.1) is 6.92 Å². The van der Waals surface area contributed by atoms with Gasteiger partial charge in [0.15, 0.2) is 5.69 Å². The molecule has 0 saturated carbocycles. The quantitative estimate of drug-likeness (QED) is 0.745. The molecule has 1 amide bonds. The van der Waals surface area contributed by atoms with Gasteiger partial charge in [-0.3, -0.25) is 14.2 Å². The average Bonchev–Trinajstić information content (AvgIpc) is 3.21. The standard InChI is InChI=1S/C16H18F3N5OS/c1-5-24-7-11(9(3)21-24)8(2)20-14(25)12-6-10-13(16(17,18)19)22-23(4)15(10)26-12/h6-8H,5H2,1-4H3,(H,20,25)/t8-/m0/s1. The third-order valence-electron chi connectivity index (χ3n) is 4.13. The lowest BCUT2D eigenvalue weighted by molar-refractivity contribution is -0.140. The summed E-state index contributed by atoms with van der Waals surface area (Å²) in [6, 6.07) is 0.938. The van der Waals surface area contributed by atoms with Crippen molar-refractivity contribution in [1.29, 1.82) is 0 Å². The molecule has 0 unspecified atom stereocenters. The van der Waals surface area contributed by atoms with E-state index in [0.29, 0.717) is 11.4 Å². The van der Waals surface area contributed by atoms with Crippen molar-refractivity contribution in [3.63, 3.8) is 0 Å². The minimum atomic E-state index is -4.56. The van der Waals surface area contributed by atoms with Crippen molar-refractivity contribution in [1.82, 2.24) is 24.9 Å². The zero-order valence-electron chi connectivity index (χ0n) is 14.7. The lowest BCUT2D eigenvalue weighted by Crippen LogP contribution is -2.26. The first-order valence-corrected chi connectivity index (χ1v) is 8.82. The zero-order chi connectivity index (χ0) is 19.2. The number of aryl methyl sites for hydroxylation is 3. The van der Waals surface area contributed by atoms with Crippen LogP contribution in [-0.4, -0.2) is 25.5 Å². The molecule has 0 aliphatic carbocycles. The first-order valence-electron chi connectivity index (χ1n) is 8.00. The highest BCUT2D eigenvalue weighted by atomic mass is 32.1. The van der Waals surface area contributed by atoms with Crippen LogP contribution in [0.4, 0.5) is 13.2 Å². The van der Waals surface area contributed by atoms with E-state index in [1.807, 2.05) is 27.0 Å². The third kappa shape index (κ3) is 3.20. The monoisotopic (exact) mass is 385 g/mol. The summed E-state index contributed by atoms with van der Waals surface area (Å²) in [6.45, 7) is 6.34. The molecule has 0 aromatic carbocycles. The van der Waals surface area contributed by atoms with E-state index >= 15 is 0 Å². The van der Waals surface area contributed by atoms with Crippen LogP contribution in [0.3, 0.4) is 0 Å². The summed E-state index contributed by atoms with van der Waals surface area (Å²) < 4.78 is 42.1. The Bertz CT molecular complexity index is 969.